The van der Waals surface area contributed by atoms with Crippen LogP contribution < -0.4 is 11.1 Å². The van der Waals surface area contributed by atoms with Crippen molar-refractivity contribution >= 4 is 17.9 Å². The molecule has 1 amide bonds. The third-order valence-corrected chi connectivity index (χ3v) is 4.76. The van der Waals surface area contributed by atoms with Crippen LogP contribution in [0, 0.1) is 0 Å². The lowest BCUT2D eigenvalue weighted by molar-refractivity contribution is -0.144. The van der Waals surface area contributed by atoms with Gasteiger partial charge in [0, 0.05) is 43.5 Å². The number of nitrogens with two attached hydrogens (primary N) is 1. The molecular formula is C17H20F3N7O3. The second kappa shape index (κ2) is 8.65. The highest BCUT2D eigenvalue weighted by molar-refractivity contribution is 5.65. The largest absolute Gasteiger partial charge is 0.465 e. The van der Waals surface area contributed by atoms with Gasteiger partial charge in [-0.15, -0.1) is 0 Å². The van der Waals surface area contributed by atoms with Crippen molar-refractivity contribution in [1.29, 1.82) is 0 Å². The molecule has 2 aromatic rings. The summed E-state index contributed by atoms with van der Waals surface area (Å²) in [6.07, 6.45) is -3.49. The predicted octanol–water partition coefficient (Wildman–Crippen LogP) is 1.87. The summed E-state index contributed by atoms with van der Waals surface area (Å²) in [5, 5.41) is 22.3. The van der Waals surface area contributed by atoms with Crippen LogP contribution in [0.2, 0.25) is 0 Å². The zero-order chi connectivity index (χ0) is 21.9. The summed E-state index contributed by atoms with van der Waals surface area (Å²) in [7, 11) is 0. The lowest BCUT2D eigenvalue weighted by atomic mass is 9.89. The molecule has 1 aliphatic rings. The van der Waals surface area contributed by atoms with E-state index in [4.69, 9.17) is 10.8 Å². The molecule has 0 saturated carbocycles. The second-order valence-electron chi connectivity index (χ2n) is 6.77. The normalized spacial score (nSPS) is 16.3. The number of rotatable bonds is 5. The number of amides is 1. The predicted molar refractivity (Wildman–Crippen MR) is 98.5 cm³/mol. The van der Waals surface area contributed by atoms with Crippen LogP contribution in [0.15, 0.2) is 18.5 Å². The first-order valence-corrected chi connectivity index (χ1v) is 9.07. The molecule has 0 bridgehead atoms. The monoisotopic (exact) mass is 427 g/mol. The topological polar surface area (TPSA) is 150 Å². The van der Waals surface area contributed by atoms with Gasteiger partial charge < -0.3 is 26.2 Å². The molecule has 0 spiro atoms. The number of hydrogen-bond acceptors (Lipinski definition) is 8. The number of anilines is 2. The van der Waals surface area contributed by atoms with Crippen LogP contribution in [0.3, 0.4) is 0 Å². The van der Waals surface area contributed by atoms with Crippen LogP contribution in [-0.4, -0.2) is 60.8 Å². The molecule has 0 aromatic carbocycles. The van der Waals surface area contributed by atoms with Crippen molar-refractivity contribution < 1.29 is 28.2 Å². The van der Waals surface area contributed by atoms with Gasteiger partial charge in [-0.25, -0.2) is 24.7 Å². The Morgan fingerprint density at radius 1 is 1.30 bits per heavy atom. The van der Waals surface area contributed by atoms with Gasteiger partial charge in [0.15, 0.2) is 0 Å². The highest BCUT2D eigenvalue weighted by Gasteiger charge is 2.34. The van der Waals surface area contributed by atoms with Crippen LogP contribution in [0.25, 0.3) is 0 Å². The van der Waals surface area contributed by atoms with Gasteiger partial charge in [-0.05, 0) is 18.9 Å². The Bertz CT molecular complexity index is 904. The molecule has 30 heavy (non-hydrogen) atoms. The van der Waals surface area contributed by atoms with Crippen LogP contribution >= 0.6 is 0 Å². The minimum Gasteiger partial charge on any atom is -0.465 e. The molecule has 5 N–H and O–H groups in total. The van der Waals surface area contributed by atoms with E-state index in [1.807, 2.05) is 0 Å². The summed E-state index contributed by atoms with van der Waals surface area (Å²) in [4.78, 5) is 27.1. The molecule has 0 radical (unpaired) electrons. The first kappa shape index (κ1) is 21.5. The van der Waals surface area contributed by atoms with Gasteiger partial charge in [0.25, 0.3) is 0 Å². The average molecular weight is 427 g/mol. The van der Waals surface area contributed by atoms with E-state index >= 15 is 0 Å². The number of alkyl halides is 3. The lowest BCUT2D eigenvalue weighted by Gasteiger charge is -2.31. The number of aromatic nitrogens is 4. The Morgan fingerprint density at radius 3 is 2.63 bits per heavy atom. The van der Waals surface area contributed by atoms with E-state index in [9.17, 15) is 23.1 Å². The summed E-state index contributed by atoms with van der Waals surface area (Å²) in [6.45, 7) is 0.486. The Kier molecular flexibility index (Phi) is 6.20. The van der Waals surface area contributed by atoms with Crippen molar-refractivity contribution in [2.45, 2.75) is 31.0 Å². The third kappa shape index (κ3) is 5.03. The fraction of sp³-hybridized carbons (Fsp3) is 0.471. The van der Waals surface area contributed by atoms with Crippen molar-refractivity contribution in [3.05, 3.63) is 35.5 Å². The maximum Gasteiger partial charge on any atom is 0.451 e. The van der Waals surface area contributed by atoms with Crippen molar-refractivity contribution in [1.82, 2.24) is 24.8 Å². The smallest absolute Gasteiger partial charge is 0.451 e. The first-order chi connectivity index (χ1) is 14.1. The summed E-state index contributed by atoms with van der Waals surface area (Å²) < 4.78 is 38.2. The zero-order valence-electron chi connectivity index (χ0n) is 15.7. The molecule has 3 rings (SSSR count). The van der Waals surface area contributed by atoms with E-state index in [2.05, 4.69) is 25.3 Å². The number of aliphatic hydroxyl groups is 1. The Labute approximate surface area is 169 Å². The van der Waals surface area contributed by atoms with Gasteiger partial charge >= 0.3 is 12.3 Å². The number of aliphatic hydroxyl groups excluding tert-OH is 1. The quantitative estimate of drug-likeness (QED) is 0.561. The maximum atomic E-state index is 12.7. The molecule has 0 aliphatic carbocycles. The summed E-state index contributed by atoms with van der Waals surface area (Å²) in [5.41, 5.74) is 6.56. The average Bonchev–Trinajstić information content (AvgIpc) is 2.71. The molecular weight excluding hydrogens is 407 g/mol. The fourth-order valence-corrected chi connectivity index (χ4v) is 3.25. The highest BCUT2D eigenvalue weighted by Crippen LogP contribution is 2.32. The summed E-state index contributed by atoms with van der Waals surface area (Å²) in [5.74, 6) is -1.50. The van der Waals surface area contributed by atoms with Gasteiger partial charge in [0.1, 0.15) is 5.82 Å². The molecule has 1 atom stereocenters. The molecule has 2 aromatic heterocycles. The number of nitrogens with one attached hydrogen (secondary N) is 1. The van der Waals surface area contributed by atoms with E-state index in [-0.39, 0.29) is 24.2 Å². The van der Waals surface area contributed by atoms with Crippen LogP contribution in [0.5, 0.6) is 0 Å². The van der Waals surface area contributed by atoms with Crippen LogP contribution in [0.1, 0.15) is 41.9 Å². The lowest BCUT2D eigenvalue weighted by Crippen LogP contribution is -2.37. The fourth-order valence-electron chi connectivity index (χ4n) is 3.25. The van der Waals surface area contributed by atoms with Crippen LogP contribution in [0.4, 0.5) is 29.7 Å². The standard InChI is InChI=1S/C17H20F3N7O3/c18-17(19,20)14-22-4-1-12(25-14)23-8-11(28)10-7-24-15(21)26-13(10)9-2-5-27(6-3-9)16(29)30/h1,4,7,9,11,28H,2-3,5-6,8H2,(H,29,30)(H2,21,24,26)(H,22,23,25). The maximum absolute atomic E-state index is 12.7. The number of carbonyl (C=O) groups is 1. The Balaban J connectivity index is 1.72. The van der Waals surface area contributed by atoms with Crippen LogP contribution in [-0.2, 0) is 6.18 Å². The number of carboxylic acid groups (broad SMARTS) is 1. The second-order valence-corrected chi connectivity index (χ2v) is 6.77. The highest BCUT2D eigenvalue weighted by atomic mass is 19.4. The molecule has 13 heteroatoms. The molecule has 3 heterocycles. The molecule has 1 fully saturated rings. The van der Waals surface area contributed by atoms with Crippen molar-refractivity contribution in [3.8, 4) is 0 Å². The molecule has 1 aliphatic heterocycles. The minimum atomic E-state index is -4.68. The number of piperidine rings is 1. The molecule has 1 unspecified atom stereocenters. The summed E-state index contributed by atoms with van der Waals surface area (Å²) in [6, 6.07) is 1.25. The van der Waals surface area contributed by atoms with E-state index in [1.54, 1.807) is 0 Å². The summed E-state index contributed by atoms with van der Waals surface area (Å²) >= 11 is 0. The number of halogens is 3. The minimum absolute atomic E-state index is 0.0141. The number of hydrogen-bond donors (Lipinski definition) is 4. The van der Waals surface area contributed by atoms with E-state index in [0.717, 1.165) is 6.20 Å². The molecule has 162 valence electrons. The van der Waals surface area contributed by atoms with Crippen molar-refractivity contribution in [3.63, 3.8) is 0 Å². The van der Waals surface area contributed by atoms with Crippen molar-refractivity contribution in [2.75, 3.05) is 30.7 Å². The Morgan fingerprint density at radius 2 is 2.00 bits per heavy atom. The first-order valence-electron chi connectivity index (χ1n) is 9.07. The zero-order valence-corrected chi connectivity index (χ0v) is 15.7. The van der Waals surface area contributed by atoms with Gasteiger partial charge in [0.05, 0.1) is 11.8 Å². The van der Waals surface area contributed by atoms with Gasteiger partial charge in [-0.2, -0.15) is 13.2 Å². The van der Waals surface area contributed by atoms with Gasteiger partial charge in [-0.3, -0.25) is 0 Å². The van der Waals surface area contributed by atoms with E-state index in [1.165, 1.54) is 17.2 Å². The number of nitrogen functional groups attached to an aromatic ring is 1. The van der Waals surface area contributed by atoms with Gasteiger partial charge in [0.2, 0.25) is 11.8 Å². The number of nitrogens with zero attached hydrogens (tertiary/aromatic N) is 5. The van der Waals surface area contributed by atoms with Gasteiger partial charge in [-0.1, -0.05) is 0 Å². The Hall–Kier alpha value is -3.22. The van der Waals surface area contributed by atoms with E-state index < -0.39 is 24.2 Å². The third-order valence-electron chi connectivity index (χ3n) is 4.76. The molecule has 1 saturated heterocycles. The van der Waals surface area contributed by atoms with E-state index in [0.29, 0.717) is 37.2 Å². The molecule has 10 nitrogen and oxygen atoms in total. The van der Waals surface area contributed by atoms with Crippen molar-refractivity contribution in [2.24, 2.45) is 0 Å². The number of likely N-dealkylation sites (tertiary alicyclic amines) is 1. The SMILES string of the molecule is Nc1ncc(C(O)CNc2ccnc(C(F)(F)F)n2)c(C2CCN(C(=O)O)CC2)n1.